The van der Waals surface area contributed by atoms with E-state index in [1.165, 1.54) is 4.90 Å². The van der Waals surface area contributed by atoms with Gasteiger partial charge in [-0.3, -0.25) is 4.79 Å². The number of rotatable bonds is 1. The van der Waals surface area contributed by atoms with E-state index < -0.39 is 18.0 Å². The molecular weight excluding hydrogens is 245 g/mol. The molecule has 1 heterocycles. The van der Waals surface area contributed by atoms with Gasteiger partial charge in [0, 0.05) is 25.0 Å². The highest BCUT2D eigenvalue weighted by Crippen LogP contribution is 2.42. The molecule has 3 nitrogen and oxygen atoms in total. The SMILES string of the molecule is N[C@@H]1CCN(C(=O)C2CCCCC2C(F)(F)F)C1. The third-order valence-corrected chi connectivity index (χ3v) is 4.04. The number of hydrogen-bond acceptors (Lipinski definition) is 2. The van der Waals surface area contributed by atoms with Gasteiger partial charge in [0.15, 0.2) is 0 Å². The summed E-state index contributed by atoms with van der Waals surface area (Å²) in [4.78, 5) is 13.7. The maximum atomic E-state index is 12.9. The van der Waals surface area contributed by atoms with Gasteiger partial charge in [0.05, 0.1) is 5.92 Å². The molecule has 1 saturated heterocycles. The van der Waals surface area contributed by atoms with Gasteiger partial charge >= 0.3 is 6.18 Å². The van der Waals surface area contributed by atoms with Crippen LogP contribution in [0.3, 0.4) is 0 Å². The summed E-state index contributed by atoms with van der Waals surface area (Å²) in [6, 6.07) is -0.0816. The van der Waals surface area contributed by atoms with Crippen molar-refractivity contribution in [3.05, 3.63) is 0 Å². The Morgan fingerprint density at radius 1 is 1.17 bits per heavy atom. The minimum absolute atomic E-state index is 0.0816. The van der Waals surface area contributed by atoms with E-state index in [9.17, 15) is 18.0 Å². The number of amides is 1. The van der Waals surface area contributed by atoms with E-state index in [1.54, 1.807) is 0 Å². The second-order valence-corrected chi connectivity index (χ2v) is 5.37. The Kier molecular flexibility index (Phi) is 3.84. The zero-order valence-electron chi connectivity index (χ0n) is 10.2. The van der Waals surface area contributed by atoms with E-state index in [4.69, 9.17) is 5.73 Å². The average Bonchev–Trinajstić information content (AvgIpc) is 2.74. The van der Waals surface area contributed by atoms with Gasteiger partial charge in [0.1, 0.15) is 0 Å². The van der Waals surface area contributed by atoms with E-state index in [1.807, 2.05) is 0 Å². The Balaban J connectivity index is 2.07. The predicted molar refractivity (Wildman–Crippen MR) is 60.7 cm³/mol. The highest BCUT2D eigenvalue weighted by Gasteiger charge is 2.49. The topological polar surface area (TPSA) is 46.3 Å². The number of carbonyl (C=O) groups excluding carboxylic acids is 1. The first-order valence-electron chi connectivity index (χ1n) is 6.50. The van der Waals surface area contributed by atoms with Gasteiger partial charge in [-0.15, -0.1) is 0 Å². The summed E-state index contributed by atoms with van der Waals surface area (Å²) in [5.74, 6) is -2.69. The minimum atomic E-state index is -4.26. The molecule has 1 aliphatic heterocycles. The van der Waals surface area contributed by atoms with E-state index in [-0.39, 0.29) is 18.4 Å². The lowest BCUT2D eigenvalue weighted by molar-refractivity contribution is -0.200. The molecule has 2 fully saturated rings. The summed E-state index contributed by atoms with van der Waals surface area (Å²) in [7, 11) is 0. The van der Waals surface area contributed by atoms with Crippen LogP contribution in [-0.2, 0) is 4.79 Å². The van der Waals surface area contributed by atoms with E-state index in [2.05, 4.69) is 0 Å². The van der Waals surface area contributed by atoms with Crippen LogP contribution in [-0.4, -0.2) is 36.1 Å². The molecule has 0 spiro atoms. The van der Waals surface area contributed by atoms with Crippen molar-refractivity contribution in [1.82, 2.24) is 4.90 Å². The smallest absolute Gasteiger partial charge is 0.341 e. The molecule has 1 amide bonds. The zero-order valence-corrected chi connectivity index (χ0v) is 10.2. The maximum absolute atomic E-state index is 12.9. The van der Waals surface area contributed by atoms with Gasteiger partial charge in [0.25, 0.3) is 0 Å². The number of nitrogens with zero attached hydrogens (tertiary/aromatic N) is 1. The van der Waals surface area contributed by atoms with Gasteiger partial charge in [-0.2, -0.15) is 13.2 Å². The van der Waals surface area contributed by atoms with Crippen molar-refractivity contribution in [3.63, 3.8) is 0 Å². The fraction of sp³-hybridized carbons (Fsp3) is 0.917. The van der Waals surface area contributed by atoms with Crippen LogP contribution in [0.4, 0.5) is 13.2 Å². The third-order valence-electron chi connectivity index (χ3n) is 4.04. The second kappa shape index (κ2) is 5.07. The van der Waals surface area contributed by atoms with Crippen molar-refractivity contribution >= 4 is 5.91 Å². The number of likely N-dealkylation sites (tertiary alicyclic amines) is 1. The molecule has 0 aromatic heterocycles. The van der Waals surface area contributed by atoms with Gasteiger partial charge in [-0.25, -0.2) is 0 Å². The molecule has 6 heteroatoms. The summed E-state index contributed by atoms with van der Waals surface area (Å²) in [6.07, 6.45) is -1.86. The summed E-state index contributed by atoms with van der Waals surface area (Å²) in [6.45, 7) is 0.904. The minimum Gasteiger partial charge on any atom is -0.341 e. The lowest BCUT2D eigenvalue weighted by Crippen LogP contribution is -2.44. The van der Waals surface area contributed by atoms with Crippen molar-refractivity contribution in [2.24, 2.45) is 17.6 Å². The molecule has 0 radical (unpaired) electrons. The van der Waals surface area contributed by atoms with Gasteiger partial charge in [0.2, 0.25) is 5.91 Å². The van der Waals surface area contributed by atoms with Gasteiger partial charge in [-0.1, -0.05) is 12.8 Å². The molecule has 2 N–H and O–H groups in total. The molecule has 18 heavy (non-hydrogen) atoms. The maximum Gasteiger partial charge on any atom is 0.392 e. The number of hydrogen-bond donors (Lipinski definition) is 1. The molecule has 0 aromatic carbocycles. The van der Waals surface area contributed by atoms with Gasteiger partial charge in [-0.05, 0) is 19.3 Å². The van der Waals surface area contributed by atoms with Crippen LogP contribution in [0.15, 0.2) is 0 Å². The molecule has 3 atom stereocenters. The molecule has 2 aliphatic rings. The fourth-order valence-electron chi connectivity index (χ4n) is 3.04. The van der Waals surface area contributed by atoms with Crippen molar-refractivity contribution in [1.29, 1.82) is 0 Å². The van der Waals surface area contributed by atoms with E-state index in [0.29, 0.717) is 38.8 Å². The normalized spacial score (nSPS) is 33.8. The molecule has 0 aromatic rings. The monoisotopic (exact) mass is 264 g/mol. The molecule has 1 saturated carbocycles. The quantitative estimate of drug-likeness (QED) is 0.786. The van der Waals surface area contributed by atoms with Crippen molar-refractivity contribution in [2.45, 2.75) is 44.3 Å². The summed E-state index contributed by atoms with van der Waals surface area (Å²) >= 11 is 0. The first kappa shape index (κ1) is 13.6. The third kappa shape index (κ3) is 2.79. The molecule has 0 bridgehead atoms. The van der Waals surface area contributed by atoms with Crippen LogP contribution in [0.1, 0.15) is 32.1 Å². The highest BCUT2D eigenvalue weighted by molar-refractivity contribution is 5.79. The van der Waals surface area contributed by atoms with E-state index in [0.717, 1.165) is 0 Å². The predicted octanol–water partition coefficient (Wildman–Crippen LogP) is 1.91. The Labute approximate surface area is 104 Å². The Hall–Kier alpha value is -0.780. The lowest BCUT2D eigenvalue weighted by atomic mass is 9.78. The fourth-order valence-corrected chi connectivity index (χ4v) is 3.04. The van der Waals surface area contributed by atoms with Crippen molar-refractivity contribution < 1.29 is 18.0 Å². The van der Waals surface area contributed by atoms with Crippen LogP contribution < -0.4 is 5.73 Å². The first-order chi connectivity index (χ1) is 8.39. The summed E-state index contributed by atoms with van der Waals surface area (Å²) < 4.78 is 38.8. The Morgan fingerprint density at radius 3 is 2.39 bits per heavy atom. The van der Waals surface area contributed by atoms with E-state index >= 15 is 0 Å². The van der Waals surface area contributed by atoms with Crippen molar-refractivity contribution in [3.8, 4) is 0 Å². The molecule has 1 aliphatic carbocycles. The summed E-state index contributed by atoms with van der Waals surface area (Å²) in [5, 5.41) is 0. The molecular formula is C12H19F3N2O. The van der Waals surface area contributed by atoms with Crippen molar-refractivity contribution in [2.75, 3.05) is 13.1 Å². The zero-order chi connectivity index (χ0) is 13.3. The standard InChI is InChI=1S/C12H19F3N2O/c13-12(14,15)10-4-2-1-3-9(10)11(18)17-6-5-8(16)7-17/h8-10H,1-7,16H2/t8-,9?,10?/m1/s1. The van der Waals surface area contributed by atoms with Crippen LogP contribution in [0.2, 0.25) is 0 Å². The van der Waals surface area contributed by atoms with Crippen LogP contribution >= 0.6 is 0 Å². The Morgan fingerprint density at radius 2 is 1.83 bits per heavy atom. The number of halogens is 3. The second-order valence-electron chi connectivity index (χ2n) is 5.37. The Bertz CT molecular complexity index is 319. The molecule has 2 unspecified atom stereocenters. The van der Waals surface area contributed by atoms with Crippen LogP contribution in [0.5, 0.6) is 0 Å². The first-order valence-corrected chi connectivity index (χ1v) is 6.50. The average molecular weight is 264 g/mol. The van der Waals surface area contributed by atoms with Gasteiger partial charge < -0.3 is 10.6 Å². The summed E-state index contributed by atoms with van der Waals surface area (Å²) in [5.41, 5.74) is 5.70. The molecule has 2 rings (SSSR count). The molecule has 104 valence electrons. The lowest BCUT2D eigenvalue weighted by Gasteiger charge is -2.34. The van der Waals surface area contributed by atoms with Crippen LogP contribution in [0.25, 0.3) is 0 Å². The number of carbonyl (C=O) groups is 1. The largest absolute Gasteiger partial charge is 0.392 e. The highest BCUT2D eigenvalue weighted by atomic mass is 19.4. The number of alkyl halides is 3. The van der Waals surface area contributed by atoms with Crippen LogP contribution in [0, 0.1) is 11.8 Å². The number of nitrogens with two attached hydrogens (primary N) is 1.